The monoisotopic (exact) mass is 308 g/mol. The molecule has 1 heterocycles. The summed E-state index contributed by atoms with van der Waals surface area (Å²) in [4.78, 5) is 27.5. The number of likely N-dealkylation sites (tertiary alicyclic amines) is 1. The molecule has 0 saturated carbocycles. The lowest BCUT2D eigenvalue weighted by molar-refractivity contribution is -0.142. The van der Waals surface area contributed by atoms with E-state index in [1.165, 1.54) is 0 Å². The number of likely N-dealkylation sites (N-methyl/N-ethyl adjacent to an activating group) is 1. The summed E-state index contributed by atoms with van der Waals surface area (Å²) in [7, 11) is 1.75. The number of nitrogens with zero attached hydrogens (tertiary/aromatic N) is 2. The van der Waals surface area contributed by atoms with Gasteiger partial charge in [0.2, 0.25) is 11.8 Å². The fourth-order valence-electron chi connectivity index (χ4n) is 2.54. The summed E-state index contributed by atoms with van der Waals surface area (Å²) >= 11 is 6.18. The summed E-state index contributed by atoms with van der Waals surface area (Å²) in [6.45, 7) is 2.78. The number of rotatable bonds is 4. The van der Waals surface area contributed by atoms with E-state index in [0.717, 1.165) is 18.4 Å². The van der Waals surface area contributed by atoms with Gasteiger partial charge in [0.1, 0.15) is 0 Å². The summed E-state index contributed by atoms with van der Waals surface area (Å²) in [5.41, 5.74) is 0.917. The molecule has 5 heteroatoms. The zero-order chi connectivity index (χ0) is 15.4. The van der Waals surface area contributed by atoms with Crippen molar-refractivity contribution in [2.75, 3.05) is 20.1 Å². The van der Waals surface area contributed by atoms with Crippen LogP contribution in [-0.4, -0.2) is 41.8 Å². The van der Waals surface area contributed by atoms with Crippen LogP contribution in [-0.2, 0) is 9.59 Å². The first kappa shape index (κ1) is 15.8. The highest BCUT2D eigenvalue weighted by molar-refractivity contribution is 6.31. The molecule has 0 bridgehead atoms. The minimum absolute atomic E-state index is 0.0577. The standard InChI is InChI=1S/C16H21ClN2O2/c1-12(13-7-3-4-8-14(13)17)18(2)16(21)11-19-10-6-5-9-15(19)20/h3-4,7-8,12H,5-6,9-11H2,1-2H3. The van der Waals surface area contributed by atoms with Gasteiger partial charge in [-0.3, -0.25) is 9.59 Å². The van der Waals surface area contributed by atoms with E-state index in [0.29, 0.717) is 18.0 Å². The van der Waals surface area contributed by atoms with Crippen molar-refractivity contribution in [2.45, 2.75) is 32.2 Å². The van der Waals surface area contributed by atoms with E-state index in [4.69, 9.17) is 11.6 Å². The van der Waals surface area contributed by atoms with Crippen LogP contribution in [0.25, 0.3) is 0 Å². The van der Waals surface area contributed by atoms with Gasteiger partial charge in [-0.2, -0.15) is 0 Å². The maximum atomic E-state index is 12.4. The van der Waals surface area contributed by atoms with Crippen molar-refractivity contribution in [1.29, 1.82) is 0 Å². The van der Waals surface area contributed by atoms with Gasteiger partial charge in [-0.15, -0.1) is 0 Å². The van der Waals surface area contributed by atoms with E-state index in [1.54, 1.807) is 16.8 Å². The van der Waals surface area contributed by atoms with Gasteiger partial charge in [-0.25, -0.2) is 0 Å². The molecule has 1 unspecified atom stereocenters. The third-order valence-corrected chi connectivity index (χ3v) is 4.42. The van der Waals surface area contributed by atoms with Crippen LogP contribution < -0.4 is 0 Å². The summed E-state index contributed by atoms with van der Waals surface area (Å²) in [6, 6.07) is 7.39. The molecule has 1 atom stereocenters. The first-order valence-corrected chi connectivity index (χ1v) is 7.66. The molecule has 4 nitrogen and oxygen atoms in total. The Labute approximate surface area is 130 Å². The molecule has 0 spiro atoms. The average Bonchev–Trinajstić information content (AvgIpc) is 2.48. The molecule has 0 aromatic heterocycles. The van der Waals surface area contributed by atoms with Crippen LogP contribution in [0.15, 0.2) is 24.3 Å². The quantitative estimate of drug-likeness (QED) is 0.858. The van der Waals surface area contributed by atoms with Gasteiger partial charge >= 0.3 is 0 Å². The average molecular weight is 309 g/mol. The highest BCUT2D eigenvalue weighted by Crippen LogP contribution is 2.26. The predicted octanol–water partition coefficient (Wildman–Crippen LogP) is 2.87. The summed E-state index contributed by atoms with van der Waals surface area (Å²) in [5, 5.41) is 0.652. The number of carbonyl (C=O) groups is 2. The largest absolute Gasteiger partial charge is 0.337 e. The summed E-state index contributed by atoms with van der Waals surface area (Å²) < 4.78 is 0. The van der Waals surface area contributed by atoms with Crippen LogP contribution in [0.1, 0.15) is 37.8 Å². The van der Waals surface area contributed by atoms with Crippen LogP contribution in [0.5, 0.6) is 0 Å². The summed E-state index contributed by atoms with van der Waals surface area (Å²) in [6.07, 6.45) is 2.45. The normalized spacial score (nSPS) is 16.7. The molecule has 1 fully saturated rings. The van der Waals surface area contributed by atoms with Crippen LogP contribution in [0.2, 0.25) is 5.02 Å². The topological polar surface area (TPSA) is 40.6 Å². The number of amides is 2. The lowest BCUT2D eigenvalue weighted by atomic mass is 10.1. The van der Waals surface area contributed by atoms with E-state index in [2.05, 4.69) is 0 Å². The predicted molar refractivity (Wildman–Crippen MR) is 83.1 cm³/mol. The molecular weight excluding hydrogens is 288 g/mol. The number of carbonyl (C=O) groups excluding carboxylic acids is 2. The molecule has 1 aromatic carbocycles. The molecule has 1 saturated heterocycles. The number of hydrogen-bond donors (Lipinski definition) is 0. The first-order valence-electron chi connectivity index (χ1n) is 7.28. The van der Waals surface area contributed by atoms with Crippen molar-refractivity contribution in [1.82, 2.24) is 9.80 Å². The number of hydrogen-bond acceptors (Lipinski definition) is 2. The molecule has 1 aliphatic heterocycles. The Morgan fingerprint density at radius 2 is 2.10 bits per heavy atom. The minimum Gasteiger partial charge on any atom is -0.337 e. The molecule has 0 radical (unpaired) electrons. The van der Waals surface area contributed by atoms with Gasteiger partial charge in [0.05, 0.1) is 12.6 Å². The first-order chi connectivity index (χ1) is 10.0. The Bertz CT molecular complexity index is 533. The fourth-order valence-corrected chi connectivity index (χ4v) is 2.84. The third kappa shape index (κ3) is 3.76. The van der Waals surface area contributed by atoms with E-state index in [-0.39, 0.29) is 24.4 Å². The molecule has 0 N–H and O–H groups in total. The molecule has 114 valence electrons. The van der Waals surface area contributed by atoms with E-state index in [1.807, 2.05) is 31.2 Å². The van der Waals surface area contributed by atoms with Crippen LogP contribution in [0.3, 0.4) is 0 Å². The Kier molecular flexibility index (Phi) is 5.23. The van der Waals surface area contributed by atoms with Crippen molar-refractivity contribution < 1.29 is 9.59 Å². The lowest BCUT2D eigenvalue weighted by Crippen LogP contribution is -2.44. The smallest absolute Gasteiger partial charge is 0.242 e. The van der Waals surface area contributed by atoms with Crippen molar-refractivity contribution in [2.24, 2.45) is 0 Å². The number of benzene rings is 1. The van der Waals surface area contributed by atoms with E-state index in [9.17, 15) is 9.59 Å². The maximum Gasteiger partial charge on any atom is 0.242 e. The zero-order valence-electron chi connectivity index (χ0n) is 12.5. The third-order valence-electron chi connectivity index (χ3n) is 4.08. The van der Waals surface area contributed by atoms with Crippen LogP contribution >= 0.6 is 11.6 Å². The SMILES string of the molecule is CC(c1ccccc1Cl)N(C)C(=O)CN1CCCCC1=O. The molecule has 1 aliphatic rings. The van der Waals surface area contributed by atoms with Gasteiger partial charge in [-0.05, 0) is 31.4 Å². The van der Waals surface area contributed by atoms with Crippen molar-refractivity contribution in [3.63, 3.8) is 0 Å². The number of piperidine rings is 1. The van der Waals surface area contributed by atoms with E-state index < -0.39 is 0 Å². The Morgan fingerprint density at radius 3 is 2.76 bits per heavy atom. The van der Waals surface area contributed by atoms with Crippen LogP contribution in [0, 0.1) is 0 Å². The second-order valence-corrected chi connectivity index (χ2v) is 5.88. The van der Waals surface area contributed by atoms with Gasteiger partial charge in [0.15, 0.2) is 0 Å². The molecule has 1 aromatic rings. The lowest BCUT2D eigenvalue weighted by Gasteiger charge is -2.31. The minimum atomic E-state index is -0.119. The molecule has 0 aliphatic carbocycles. The number of halogens is 1. The zero-order valence-corrected chi connectivity index (χ0v) is 13.3. The molecule has 2 rings (SSSR count). The van der Waals surface area contributed by atoms with Crippen molar-refractivity contribution in [3.05, 3.63) is 34.9 Å². The van der Waals surface area contributed by atoms with Crippen molar-refractivity contribution >= 4 is 23.4 Å². The highest BCUT2D eigenvalue weighted by Gasteiger charge is 2.25. The van der Waals surface area contributed by atoms with Crippen LogP contribution in [0.4, 0.5) is 0 Å². The van der Waals surface area contributed by atoms with Gasteiger partial charge in [0, 0.05) is 25.0 Å². The van der Waals surface area contributed by atoms with Gasteiger partial charge in [-0.1, -0.05) is 29.8 Å². The molecular formula is C16H21ClN2O2. The van der Waals surface area contributed by atoms with Gasteiger partial charge < -0.3 is 9.80 Å². The molecule has 21 heavy (non-hydrogen) atoms. The van der Waals surface area contributed by atoms with Crippen molar-refractivity contribution in [3.8, 4) is 0 Å². The highest BCUT2D eigenvalue weighted by atomic mass is 35.5. The summed E-state index contributed by atoms with van der Waals surface area (Å²) in [5.74, 6) is 0.0195. The second kappa shape index (κ2) is 6.94. The maximum absolute atomic E-state index is 12.4. The second-order valence-electron chi connectivity index (χ2n) is 5.47. The van der Waals surface area contributed by atoms with E-state index >= 15 is 0 Å². The Hall–Kier alpha value is -1.55. The molecule has 2 amide bonds. The fraction of sp³-hybridized carbons (Fsp3) is 0.500. The Morgan fingerprint density at radius 1 is 1.38 bits per heavy atom. The Balaban J connectivity index is 2.01. The van der Waals surface area contributed by atoms with Gasteiger partial charge in [0.25, 0.3) is 0 Å².